The molecule has 108 valence electrons. The summed E-state index contributed by atoms with van der Waals surface area (Å²) in [7, 11) is 0. The molecule has 0 aliphatic rings. The van der Waals surface area contributed by atoms with Crippen molar-refractivity contribution in [1.29, 1.82) is 0 Å². The Morgan fingerprint density at radius 2 is 1.19 bits per heavy atom. The number of aromatic nitrogens is 2. The van der Waals surface area contributed by atoms with E-state index in [1.807, 2.05) is 0 Å². The molecule has 3 rings (SSSR count). The Hall–Kier alpha value is -2.57. The lowest BCUT2D eigenvalue weighted by molar-refractivity contribution is 0.381. The normalized spacial score (nSPS) is 11.1. The van der Waals surface area contributed by atoms with Crippen LogP contribution in [-0.2, 0) is 0 Å². The summed E-state index contributed by atoms with van der Waals surface area (Å²) in [5.74, 6) is -9.86. The molecule has 2 aromatic heterocycles. The second-order valence-electron chi connectivity index (χ2n) is 4.31. The minimum absolute atomic E-state index is 0.201. The summed E-state index contributed by atoms with van der Waals surface area (Å²) in [5.41, 5.74) is -0.110. The van der Waals surface area contributed by atoms with E-state index in [1.165, 1.54) is 12.1 Å². The van der Waals surface area contributed by atoms with Crippen molar-refractivity contribution in [3.05, 3.63) is 59.5 Å². The first-order valence-corrected chi connectivity index (χ1v) is 5.85. The minimum atomic E-state index is -2.18. The average Bonchev–Trinajstić information content (AvgIpc) is 3.14. The zero-order valence-electron chi connectivity index (χ0n) is 10.3. The number of aromatic amines is 2. The lowest BCUT2D eigenvalue weighted by atomic mass is 10.1. The van der Waals surface area contributed by atoms with Gasteiger partial charge in [0.05, 0.1) is 22.6 Å². The molecule has 7 heteroatoms. The molecule has 0 aliphatic heterocycles. The highest BCUT2D eigenvalue weighted by Gasteiger charge is 2.27. The van der Waals surface area contributed by atoms with E-state index in [-0.39, 0.29) is 5.69 Å². The van der Waals surface area contributed by atoms with Crippen molar-refractivity contribution in [2.75, 3.05) is 0 Å². The summed E-state index contributed by atoms with van der Waals surface area (Å²) in [5, 5.41) is 0. The van der Waals surface area contributed by atoms with E-state index in [2.05, 4.69) is 9.97 Å². The SMILES string of the molecule is Fc1c(F)c(F)c(-c2ccc(-c3ccc[nH]3)[nH]2)c(F)c1F. The average molecular weight is 298 g/mol. The number of nitrogens with one attached hydrogen (secondary N) is 2. The topological polar surface area (TPSA) is 31.6 Å². The first kappa shape index (κ1) is 13.4. The van der Waals surface area contributed by atoms with Crippen molar-refractivity contribution in [1.82, 2.24) is 9.97 Å². The van der Waals surface area contributed by atoms with Crippen molar-refractivity contribution in [3.8, 4) is 22.6 Å². The fourth-order valence-electron chi connectivity index (χ4n) is 2.04. The molecule has 0 amide bonds. The van der Waals surface area contributed by atoms with Gasteiger partial charge in [0.15, 0.2) is 23.3 Å². The van der Waals surface area contributed by atoms with Crippen LogP contribution < -0.4 is 0 Å². The molecule has 0 atom stereocenters. The third-order valence-corrected chi connectivity index (χ3v) is 3.05. The van der Waals surface area contributed by atoms with E-state index >= 15 is 0 Å². The summed E-state index contributed by atoms with van der Waals surface area (Å²) in [6, 6.07) is 6.11. The van der Waals surface area contributed by atoms with Gasteiger partial charge in [-0.3, -0.25) is 0 Å². The van der Waals surface area contributed by atoms with E-state index in [1.54, 1.807) is 18.3 Å². The zero-order valence-corrected chi connectivity index (χ0v) is 10.3. The number of rotatable bonds is 2. The van der Waals surface area contributed by atoms with E-state index in [0.717, 1.165) is 0 Å². The Kier molecular flexibility index (Phi) is 3.04. The monoisotopic (exact) mass is 298 g/mol. The number of hydrogen-bond acceptors (Lipinski definition) is 0. The van der Waals surface area contributed by atoms with Crippen LogP contribution in [0, 0.1) is 29.1 Å². The maximum atomic E-state index is 13.7. The predicted octanol–water partition coefficient (Wildman–Crippen LogP) is 4.37. The maximum Gasteiger partial charge on any atom is 0.200 e. The predicted molar refractivity (Wildman–Crippen MR) is 65.8 cm³/mol. The molecular formula is C14H7F5N2. The maximum absolute atomic E-state index is 13.7. The van der Waals surface area contributed by atoms with Crippen molar-refractivity contribution in [2.45, 2.75) is 0 Å². The molecule has 1 aromatic carbocycles. The second-order valence-corrected chi connectivity index (χ2v) is 4.31. The van der Waals surface area contributed by atoms with Crippen LogP contribution in [0.25, 0.3) is 22.6 Å². The van der Waals surface area contributed by atoms with Crippen molar-refractivity contribution in [3.63, 3.8) is 0 Å². The summed E-state index contributed by atoms with van der Waals surface area (Å²) in [6.45, 7) is 0. The van der Waals surface area contributed by atoms with Crippen molar-refractivity contribution >= 4 is 0 Å². The molecule has 0 aliphatic carbocycles. The molecule has 0 saturated heterocycles. The fourth-order valence-corrected chi connectivity index (χ4v) is 2.04. The van der Waals surface area contributed by atoms with Crippen LogP contribution in [0.5, 0.6) is 0 Å². The molecular weight excluding hydrogens is 291 g/mol. The highest BCUT2D eigenvalue weighted by Crippen LogP contribution is 2.32. The number of halogens is 5. The molecule has 3 aromatic rings. The van der Waals surface area contributed by atoms with E-state index in [9.17, 15) is 22.0 Å². The molecule has 0 spiro atoms. The molecule has 21 heavy (non-hydrogen) atoms. The third kappa shape index (κ3) is 2.01. The van der Waals surface area contributed by atoms with Crippen LogP contribution in [-0.4, -0.2) is 9.97 Å². The summed E-state index contributed by atoms with van der Waals surface area (Å²) >= 11 is 0. The number of hydrogen-bond donors (Lipinski definition) is 2. The van der Waals surface area contributed by atoms with Crippen LogP contribution >= 0.6 is 0 Å². The van der Waals surface area contributed by atoms with Gasteiger partial charge in [-0.25, -0.2) is 22.0 Å². The zero-order chi connectivity index (χ0) is 15.1. The van der Waals surface area contributed by atoms with Crippen LogP contribution in [0.4, 0.5) is 22.0 Å². The van der Waals surface area contributed by atoms with E-state index in [0.29, 0.717) is 11.4 Å². The molecule has 2 heterocycles. The molecule has 0 bridgehead atoms. The third-order valence-electron chi connectivity index (χ3n) is 3.05. The molecule has 0 saturated carbocycles. The molecule has 0 unspecified atom stereocenters. The highest BCUT2D eigenvalue weighted by atomic mass is 19.2. The van der Waals surface area contributed by atoms with Gasteiger partial charge in [0.2, 0.25) is 5.82 Å². The number of H-pyrrole nitrogens is 2. The van der Waals surface area contributed by atoms with Gasteiger partial charge in [0.1, 0.15) is 0 Å². The Bertz CT molecular complexity index is 776. The quantitative estimate of drug-likeness (QED) is 0.400. The standard InChI is InChI=1S/C14H7F5N2/c15-10-9(11(16)13(18)14(19)12(10)17)8-4-3-7(21-8)6-2-1-5-20-6/h1-5,20-21H. The smallest absolute Gasteiger partial charge is 0.200 e. The number of benzene rings is 1. The molecule has 2 N–H and O–H groups in total. The van der Waals surface area contributed by atoms with E-state index in [4.69, 9.17) is 0 Å². The summed E-state index contributed by atoms with van der Waals surface area (Å²) in [4.78, 5) is 5.47. The van der Waals surface area contributed by atoms with Crippen LogP contribution in [0.15, 0.2) is 30.5 Å². The van der Waals surface area contributed by atoms with Gasteiger partial charge >= 0.3 is 0 Å². The van der Waals surface area contributed by atoms with E-state index < -0.39 is 34.6 Å². The van der Waals surface area contributed by atoms with Crippen LogP contribution in [0.3, 0.4) is 0 Å². The Labute approximate surface area is 115 Å². The Morgan fingerprint density at radius 3 is 1.76 bits per heavy atom. The first-order valence-electron chi connectivity index (χ1n) is 5.85. The van der Waals surface area contributed by atoms with Crippen molar-refractivity contribution in [2.24, 2.45) is 0 Å². The largest absolute Gasteiger partial charge is 0.360 e. The fraction of sp³-hybridized carbons (Fsp3) is 0. The van der Waals surface area contributed by atoms with Gasteiger partial charge in [-0.15, -0.1) is 0 Å². The Morgan fingerprint density at radius 1 is 0.619 bits per heavy atom. The van der Waals surface area contributed by atoms with Gasteiger partial charge in [-0.1, -0.05) is 0 Å². The molecule has 0 fully saturated rings. The van der Waals surface area contributed by atoms with Gasteiger partial charge in [0.25, 0.3) is 0 Å². The lowest BCUT2D eigenvalue weighted by Gasteiger charge is -2.06. The minimum Gasteiger partial charge on any atom is -0.360 e. The molecule has 0 radical (unpaired) electrons. The summed E-state index contributed by atoms with van der Waals surface area (Å²) in [6.07, 6.45) is 1.63. The van der Waals surface area contributed by atoms with Gasteiger partial charge in [0, 0.05) is 6.20 Å². The van der Waals surface area contributed by atoms with Crippen LogP contribution in [0.2, 0.25) is 0 Å². The van der Waals surface area contributed by atoms with Gasteiger partial charge in [-0.2, -0.15) is 0 Å². The molecule has 2 nitrogen and oxygen atoms in total. The van der Waals surface area contributed by atoms with Gasteiger partial charge in [-0.05, 0) is 24.3 Å². The first-order chi connectivity index (χ1) is 10.0. The highest BCUT2D eigenvalue weighted by molar-refractivity contribution is 5.67. The lowest BCUT2D eigenvalue weighted by Crippen LogP contribution is -2.04. The van der Waals surface area contributed by atoms with Crippen molar-refractivity contribution < 1.29 is 22.0 Å². The summed E-state index contributed by atoms with van der Waals surface area (Å²) < 4.78 is 66.8. The Balaban J connectivity index is 2.18. The van der Waals surface area contributed by atoms with Gasteiger partial charge < -0.3 is 9.97 Å². The van der Waals surface area contributed by atoms with Crippen LogP contribution in [0.1, 0.15) is 0 Å². The second kappa shape index (κ2) is 4.76.